The van der Waals surface area contributed by atoms with E-state index in [4.69, 9.17) is 4.74 Å². The van der Waals surface area contributed by atoms with Crippen molar-refractivity contribution in [2.45, 2.75) is 19.4 Å². The topological polar surface area (TPSA) is 49.8 Å². The quantitative estimate of drug-likeness (QED) is 0.862. The number of amides is 1. The summed E-state index contributed by atoms with van der Waals surface area (Å²) >= 11 is 0. The molecule has 1 fully saturated rings. The minimum Gasteiger partial charge on any atom is -0.497 e. The van der Waals surface area contributed by atoms with Crippen molar-refractivity contribution in [1.29, 1.82) is 0 Å². The number of carbonyl (C=O) groups excluding carboxylic acids is 1. The van der Waals surface area contributed by atoms with Crippen molar-refractivity contribution in [2.24, 2.45) is 5.92 Å². The van der Waals surface area contributed by atoms with Crippen LogP contribution < -0.4 is 9.64 Å². The highest BCUT2D eigenvalue weighted by Gasteiger charge is 2.35. The van der Waals surface area contributed by atoms with Crippen LogP contribution in [0.3, 0.4) is 0 Å². The van der Waals surface area contributed by atoms with Gasteiger partial charge in [-0.2, -0.15) is 0 Å². The molecule has 4 nitrogen and oxygen atoms in total. The smallest absolute Gasteiger partial charge is 0.232 e. The molecule has 1 N–H and O–H groups in total. The molecule has 92 valence electrons. The molecule has 0 spiro atoms. The number of anilines is 1. The molecule has 1 aliphatic rings. The van der Waals surface area contributed by atoms with E-state index in [-0.39, 0.29) is 11.8 Å². The largest absolute Gasteiger partial charge is 0.497 e. The predicted octanol–water partition coefficient (Wildman–Crippen LogP) is 1.43. The van der Waals surface area contributed by atoms with Crippen LogP contribution in [0.1, 0.15) is 13.3 Å². The van der Waals surface area contributed by atoms with Crippen LogP contribution >= 0.6 is 0 Å². The van der Waals surface area contributed by atoms with Crippen molar-refractivity contribution in [3.8, 4) is 5.75 Å². The van der Waals surface area contributed by atoms with Gasteiger partial charge in [-0.1, -0.05) is 0 Å². The molecule has 1 saturated heterocycles. The Hall–Kier alpha value is -1.55. The highest BCUT2D eigenvalue weighted by molar-refractivity contribution is 5.97. The fraction of sp³-hybridized carbons (Fsp3) is 0.462. The van der Waals surface area contributed by atoms with Gasteiger partial charge in [0.25, 0.3) is 0 Å². The molecule has 17 heavy (non-hydrogen) atoms. The summed E-state index contributed by atoms with van der Waals surface area (Å²) in [7, 11) is 1.61. The molecule has 0 unspecified atom stereocenters. The average molecular weight is 235 g/mol. The van der Waals surface area contributed by atoms with E-state index in [2.05, 4.69) is 0 Å². The molecule has 1 aliphatic heterocycles. The number of hydrogen-bond acceptors (Lipinski definition) is 3. The van der Waals surface area contributed by atoms with Crippen LogP contribution in [0.15, 0.2) is 24.3 Å². The van der Waals surface area contributed by atoms with Crippen LogP contribution in [0, 0.1) is 5.92 Å². The Bertz CT molecular complexity index is 400. The summed E-state index contributed by atoms with van der Waals surface area (Å²) in [4.78, 5) is 13.8. The van der Waals surface area contributed by atoms with Crippen LogP contribution in [-0.4, -0.2) is 30.8 Å². The minimum absolute atomic E-state index is 0.00478. The lowest BCUT2D eigenvalue weighted by atomic mass is 10.0. The van der Waals surface area contributed by atoms with Gasteiger partial charge in [0, 0.05) is 12.2 Å². The number of aliphatic hydroxyl groups is 1. The summed E-state index contributed by atoms with van der Waals surface area (Å²) in [6.07, 6.45) is 0.133. The lowest BCUT2D eigenvalue weighted by Gasteiger charge is -2.18. The highest BCUT2D eigenvalue weighted by atomic mass is 16.5. The lowest BCUT2D eigenvalue weighted by molar-refractivity contribution is -0.123. The molecule has 1 aromatic carbocycles. The maximum atomic E-state index is 12.0. The molecule has 0 radical (unpaired) electrons. The van der Waals surface area contributed by atoms with E-state index in [1.165, 1.54) is 0 Å². The van der Waals surface area contributed by atoms with Crippen LogP contribution in [0.25, 0.3) is 0 Å². The maximum absolute atomic E-state index is 12.0. The van der Waals surface area contributed by atoms with Crippen molar-refractivity contribution < 1.29 is 14.6 Å². The minimum atomic E-state index is -0.578. The number of hydrogen-bond donors (Lipinski definition) is 1. The first-order valence-corrected chi connectivity index (χ1v) is 5.77. The Morgan fingerprint density at radius 1 is 1.41 bits per heavy atom. The second kappa shape index (κ2) is 4.75. The van der Waals surface area contributed by atoms with E-state index < -0.39 is 6.10 Å². The number of nitrogens with zero attached hydrogens (tertiary/aromatic N) is 1. The van der Waals surface area contributed by atoms with Crippen LogP contribution in [0.2, 0.25) is 0 Å². The van der Waals surface area contributed by atoms with Gasteiger partial charge in [0.1, 0.15) is 5.75 Å². The monoisotopic (exact) mass is 235 g/mol. The molecule has 1 amide bonds. The Kier molecular flexibility index (Phi) is 3.33. The van der Waals surface area contributed by atoms with Crippen molar-refractivity contribution in [3.05, 3.63) is 24.3 Å². The molecule has 0 aromatic heterocycles. The second-order valence-electron chi connectivity index (χ2n) is 4.32. The van der Waals surface area contributed by atoms with E-state index >= 15 is 0 Å². The van der Waals surface area contributed by atoms with Gasteiger partial charge >= 0.3 is 0 Å². The van der Waals surface area contributed by atoms with E-state index in [0.717, 1.165) is 11.4 Å². The van der Waals surface area contributed by atoms with Crippen LogP contribution in [-0.2, 0) is 4.79 Å². The number of rotatable bonds is 3. The van der Waals surface area contributed by atoms with E-state index in [0.29, 0.717) is 13.0 Å². The van der Waals surface area contributed by atoms with E-state index in [1.807, 2.05) is 24.3 Å². The Morgan fingerprint density at radius 2 is 2.06 bits per heavy atom. The standard InChI is InChI=1S/C13H17NO3/c1-9(15)12-7-8-14(13(12)16)10-3-5-11(17-2)6-4-10/h3-6,9,12,15H,7-8H2,1-2H3/t9-,12+/m1/s1. The number of ether oxygens (including phenoxy) is 1. The molecule has 0 aliphatic carbocycles. The van der Waals surface area contributed by atoms with Gasteiger partial charge in [0.15, 0.2) is 0 Å². The number of methoxy groups -OCH3 is 1. The van der Waals surface area contributed by atoms with Gasteiger partial charge in [-0.25, -0.2) is 0 Å². The van der Waals surface area contributed by atoms with Crippen LogP contribution in [0.4, 0.5) is 5.69 Å². The van der Waals surface area contributed by atoms with Gasteiger partial charge in [-0.05, 0) is 37.6 Å². The van der Waals surface area contributed by atoms with E-state index in [9.17, 15) is 9.90 Å². The van der Waals surface area contributed by atoms with Crippen LogP contribution in [0.5, 0.6) is 5.75 Å². The van der Waals surface area contributed by atoms with Crippen molar-refractivity contribution in [2.75, 3.05) is 18.6 Å². The normalized spacial score (nSPS) is 21.7. The predicted molar refractivity (Wildman–Crippen MR) is 65.1 cm³/mol. The average Bonchev–Trinajstić information content (AvgIpc) is 2.71. The van der Waals surface area contributed by atoms with Gasteiger partial charge in [-0.15, -0.1) is 0 Å². The summed E-state index contributed by atoms with van der Waals surface area (Å²) in [5.74, 6) is 0.509. The van der Waals surface area contributed by atoms with Gasteiger partial charge in [0.05, 0.1) is 19.1 Å². The fourth-order valence-corrected chi connectivity index (χ4v) is 2.17. The third kappa shape index (κ3) is 2.26. The molecule has 4 heteroatoms. The summed E-state index contributed by atoms with van der Waals surface area (Å²) in [6.45, 7) is 2.33. The zero-order chi connectivity index (χ0) is 12.4. The summed E-state index contributed by atoms with van der Waals surface area (Å²) in [5.41, 5.74) is 0.860. The highest BCUT2D eigenvalue weighted by Crippen LogP contribution is 2.28. The lowest BCUT2D eigenvalue weighted by Crippen LogP contribution is -2.31. The first-order chi connectivity index (χ1) is 8.13. The van der Waals surface area contributed by atoms with Gasteiger partial charge in [-0.3, -0.25) is 4.79 Å². The van der Waals surface area contributed by atoms with E-state index in [1.54, 1.807) is 18.9 Å². The molecule has 1 heterocycles. The number of aliphatic hydroxyl groups excluding tert-OH is 1. The number of carbonyl (C=O) groups is 1. The fourth-order valence-electron chi connectivity index (χ4n) is 2.17. The molecular formula is C13H17NO3. The second-order valence-corrected chi connectivity index (χ2v) is 4.32. The molecule has 2 rings (SSSR count). The first-order valence-electron chi connectivity index (χ1n) is 5.77. The van der Waals surface area contributed by atoms with Gasteiger partial charge < -0.3 is 14.7 Å². The molecule has 0 bridgehead atoms. The molecular weight excluding hydrogens is 218 g/mol. The SMILES string of the molecule is COc1ccc(N2CC[C@@H]([C@@H](C)O)C2=O)cc1. The first kappa shape index (κ1) is 11.9. The zero-order valence-electron chi connectivity index (χ0n) is 10.1. The zero-order valence-corrected chi connectivity index (χ0v) is 10.1. The molecule has 0 saturated carbocycles. The van der Waals surface area contributed by atoms with Gasteiger partial charge in [0.2, 0.25) is 5.91 Å². The Balaban J connectivity index is 2.15. The third-order valence-electron chi connectivity index (χ3n) is 3.21. The maximum Gasteiger partial charge on any atom is 0.232 e. The Labute approximate surface area is 101 Å². The molecule has 2 atom stereocenters. The summed E-state index contributed by atoms with van der Waals surface area (Å²) in [5, 5.41) is 9.50. The van der Waals surface area contributed by atoms with Crippen molar-refractivity contribution in [3.63, 3.8) is 0 Å². The molecule has 1 aromatic rings. The van der Waals surface area contributed by atoms with Crippen molar-refractivity contribution in [1.82, 2.24) is 0 Å². The number of benzene rings is 1. The third-order valence-corrected chi connectivity index (χ3v) is 3.21. The Morgan fingerprint density at radius 3 is 2.53 bits per heavy atom. The summed E-state index contributed by atoms with van der Waals surface area (Å²) in [6, 6.07) is 7.39. The van der Waals surface area contributed by atoms with Crippen molar-refractivity contribution >= 4 is 11.6 Å². The summed E-state index contributed by atoms with van der Waals surface area (Å²) < 4.78 is 5.07.